The molecule has 2 aromatic rings. The van der Waals surface area contributed by atoms with Crippen LogP contribution in [0, 0.1) is 11.6 Å². The molecule has 2 aliphatic heterocycles. The van der Waals surface area contributed by atoms with Gasteiger partial charge in [0.05, 0.1) is 17.2 Å². The third kappa shape index (κ3) is 3.34. The number of benzene rings is 2. The van der Waals surface area contributed by atoms with Crippen molar-refractivity contribution in [2.24, 2.45) is 0 Å². The normalized spacial score (nSPS) is 19.1. The number of alkyl halides is 3. The minimum absolute atomic E-state index is 0.102. The maximum Gasteiger partial charge on any atom is 0.417 e. The number of amides is 2. The highest BCUT2D eigenvalue weighted by Gasteiger charge is 2.42. The van der Waals surface area contributed by atoms with Gasteiger partial charge in [-0.3, -0.25) is 9.59 Å². The second-order valence-electron chi connectivity index (χ2n) is 7.03. The molecule has 0 N–H and O–H groups in total. The zero-order valence-corrected chi connectivity index (χ0v) is 15.0. The van der Waals surface area contributed by atoms with E-state index in [1.807, 2.05) is 0 Å². The van der Waals surface area contributed by atoms with Gasteiger partial charge in [-0.25, -0.2) is 8.78 Å². The largest absolute Gasteiger partial charge is 0.417 e. The lowest BCUT2D eigenvalue weighted by Gasteiger charge is -2.44. The SMILES string of the molecule is O=C(c1cc(F)ccc1C(F)(F)F)N1CC(=O)N2CCc3c(F)cccc3C2C1. The lowest BCUT2D eigenvalue weighted by molar-refractivity contribution is -0.139. The number of carbonyl (C=O) groups excluding carboxylic acids is 2. The number of nitrogens with zero attached hydrogens (tertiary/aromatic N) is 2. The van der Waals surface area contributed by atoms with Crippen LogP contribution < -0.4 is 0 Å². The molecule has 2 aromatic carbocycles. The van der Waals surface area contributed by atoms with Gasteiger partial charge in [0.15, 0.2) is 0 Å². The van der Waals surface area contributed by atoms with Crippen molar-refractivity contribution in [1.29, 1.82) is 0 Å². The molecule has 4 nitrogen and oxygen atoms in total. The van der Waals surface area contributed by atoms with Crippen LogP contribution in [0.2, 0.25) is 0 Å². The molecule has 152 valence electrons. The first-order valence-electron chi connectivity index (χ1n) is 8.89. The van der Waals surface area contributed by atoms with E-state index in [4.69, 9.17) is 0 Å². The Kier molecular flexibility index (Phi) is 4.55. The van der Waals surface area contributed by atoms with Gasteiger partial charge in [0.1, 0.15) is 18.2 Å². The van der Waals surface area contributed by atoms with E-state index in [-0.39, 0.29) is 13.1 Å². The maximum atomic E-state index is 14.1. The topological polar surface area (TPSA) is 40.6 Å². The Hall–Kier alpha value is -2.97. The smallest absolute Gasteiger partial charge is 0.332 e. The van der Waals surface area contributed by atoms with Gasteiger partial charge in [-0.15, -0.1) is 0 Å². The van der Waals surface area contributed by atoms with Crippen LogP contribution in [0.1, 0.15) is 33.1 Å². The van der Waals surface area contributed by atoms with Crippen molar-refractivity contribution < 1.29 is 31.5 Å². The van der Waals surface area contributed by atoms with E-state index in [0.29, 0.717) is 35.7 Å². The molecule has 2 heterocycles. The quantitative estimate of drug-likeness (QED) is 0.675. The summed E-state index contributed by atoms with van der Waals surface area (Å²) in [6.45, 7) is -0.268. The van der Waals surface area contributed by atoms with Crippen LogP contribution >= 0.6 is 0 Å². The lowest BCUT2D eigenvalue weighted by Crippen LogP contribution is -2.56. The first kappa shape index (κ1) is 19.4. The molecule has 0 radical (unpaired) electrons. The van der Waals surface area contributed by atoms with E-state index in [0.717, 1.165) is 4.90 Å². The van der Waals surface area contributed by atoms with Crippen LogP contribution in [0.3, 0.4) is 0 Å². The second-order valence-corrected chi connectivity index (χ2v) is 7.03. The Bertz CT molecular complexity index is 1000. The summed E-state index contributed by atoms with van der Waals surface area (Å²) >= 11 is 0. The molecule has 0 saturated carbocycles. The van der Waals surface area contributed by atoms with E-state index in [9.17, 15) is 31.5 Å². The molecule has 0 aromatic heterocycles. The number of rotatable bonds is 1. The molecule has 0 spiro atoms. The van der Waals surface area contributed by atoms with Crippen LogP contribution in [0.5, 0.6) is 0 Å². The molecule has 2 amide bonds. The highest BCUT2D eigenvalue weighted by molar-refractivity contribution is 5.98. The van der Waals surface area contributed by atoms with Crippen molar-refractivity contribution in [2.45, 2.75) is 18.6 Å². The van der Waals surface area contributed by atoms with E-state index in [2.05, 4.69) is 0 Å². The molecular weight excluding hydrogens is 395 g/mol. The molecule has 1 atom stereocenters. The van der Waals surface area contributed by atoms with Gasteiger partial charge in [-0.1, -0.05) is 12.1 Å². The Morgan fingerprint density at radius 3 is 2.59 bits per heavy atom. The Balaban J connectivity index is 1.71. The first-order valence-corrected chi connectivity index (χ1v) is 8.89. The van der Waals surface area contributed by atoms with Gasteiger partial charge >= 0.3 is 6.18 Å². The summed E-state index contributed by atoms with van der Waals surface area (Å²) in [6, 6.07) is 5.41. The zero-order chi connectivity index (χ0) is 20.9. The second kappa shape index (κ2) is 6.82. The summed E-state index contributed by atoms with van der Waals surface area (Å²) in [5, 5.41) is 0. The van der Waals surface area contributed by atoms with Crippen LogP contribution in [0.15, 0.2) is 36.4 Å². The summed E-state index contributed by atoms with van der Waals surface area (Å²) in [6.07, 6.45) is -4.54. The molecule has 1 unspecified atom stereocenters. The summed E-state index contributed by atoms with van der Waals surface area (Å²) < 4.78 is 67.6. The fraction of sp³-hybridized carbons (Fsp3) is 0.300. The van der Waals surface area contributed by atoms with Crippen LogP contribution in [0.4, 0.5) is 22.0 Å². The van der Waals surface area contributed by atoms with Crippen molar-refractivity contribution in [3.63, 3.8) is 0 Å². The first-order chi connectivity index (χ1) is 13.7. The fourth-order valence-electron chi connectivity index (χ4n) is 4.00. The van der Waals surface area contributed by atoms with E-state index >= 15 is 0 Å². The summed E-state index contributed by atoms with van der Waals surface area (Å²) in [7, 11) is 0. The van der Waals surface area contributed by atoms with Gasteiger partial charge in [-0.2, -0.15) is 13.2 Å². The van der Waals surface area contributed by atoms with Gasteiger partial charge in [-0.05, 0) is 41.8 Å². The Morgan fingerprint density at radius 2 is 1.86 bits per heavy atom. The third-order valence-corrected chi connectivity index (χ3v) is 5.34. The monoisotopic (exact) mass is 410 g/mol. The predicted molar refractivity (Wildman–Crippen MR) is 91.9 cm³/mol. The Morgan fingerprint density at radius 1 is 1.10 bits per heavy atom. The highest BCUT2D eigenvalue weighted by Crippen LogP contribution is 2.36. The molecule has 2 aliphatic rings. The number of piperazine rings is 1. The zero-order valence-electron chi connectivity index (χ0n) is 15.0. The molecular formula is C20H15F5N2O2. The van der Waals surface area contributed by atoms with E-state index in [1.165, 1.54) is 17.0 Å². The third-order valence-electron chi connectivity index (χ3n) is 5.34. The molecule has 1 fully saturated rings. The van der Waals surface area contributed by atoms with Crippen molar-refractivity contribution >= 4 is 11.8 Å². The number of hydrogen-bond acceptors (Lipinski definition) is 2. The minimum Gasteiger partial charge on any atom is -0.332 e. The van der Waals surface area contributed by atoms with Gasteiger partial charge < -0.3 is 9.80 Å². The summed E-state index contributed by atoms with van der Waals surface area (Å²) in [5.74, 6) is -2.96. The van der Waals surface area contributed by atoms with Crippen LogP contribution in [-0.4, -0.2) is 41.2 Å². The number of halogens is 5. The van der Waals surface area contributed by atoms with Gasteiger partial charge in [0, 0.05) is 13.1 Å². The highest BCUT2D eigenvalue weighted by atomic mass is 19.4. The van der Waals surface area contributed by atoms with Gasteiger partial charge in [0.25, 0.3) is 5.91 Å². The van der Waals surface area contributed by atoms with Crippen molar-refractivity contribution in [3.05, 3.63) is 70.3 Å². The molecule has 1 saturated heterocycles. The molecule has 0 aliphatic carbocycles. The molecule has 0 bridgehead atoms. The summed E-state index contributed by atoms with van der Waals surface area (Å²) in [4.78, 5) is 27.9. The maximum absolute atomic E-state index is 14.1. The average Bonchev–Trinajstić information content (AvgIpc) is 2.66. The molecule has 29 heavy (non-hydrogen) atoms. The summed E-state index contributed by atoms with van der Waals surface area (Å²) in [5.41, 5.74) is -1.17. The number of carbonyl (C=O) groups is 2. The van der Waals surface area contributed by atoms with Crippen molar-refractivity contribution in [3.8, 4) is 0 Å². The lowest BCUT2D eigenvalue weighted by atomic mass is 9.90. The van der Waals surface area contributed by atoms with Gasteiger partial charge in [0.2, 0.25) is 5.91 Å². The Labute approximate surface area is 162 Å². The van der Waals surface area contributed by atoms with Crippen LogP contribution in [-0.2, 0) is 17.4 Å². The van der Waals surface area contributed by atoms with E-state index < -0.39 is 53.3 Å². The minimum atomic E-state index is -4.86. The molecule has 9 heteroatoms. The number of hydrogen-bond donors (Lipinski definition) is 0. The number of fused-ring (bicyclic) bond motifs is 3. The molecule has 4 rings (SSSR count). The standard InChI is InChI=1S/C20H15F5N2O2/c21-11-4-5-15(20(23,24)25)14(8-11)19(29)26-9-17-13-2-1-3-16(22)12(13)6-7-27(17)18(28)10-26/h1-5,8,17H,6-7,9-10H2. The average molecular weight is 410 g/mol. The van der Waals surface area contributed by atoms with Crippen LogP contribution in [0.25, 0.3) is 0 Å². The van der Waals surface area contributed by atoms with E-state index in [1.54, 1.807) is 6.07 Å². The predicted octanol–water partition coefficient (Wildman–Crippen LogP) is 3.57. The van der Waals surface area contributed by atoms with Crippen molar-refractivity contribution in [1.82, 2.24) is 9.80 Å². The fourth-order valence-corrected chi connectivity index (χ4v) is 4.00. The van der Waals surface area contributed by atoms with Crippen molar-refractivity contribution in [2.75, 3.05) is 19.6 Å².